The van der Waals surface area contributed by atoms with Crippen molar-refractivity contribution in [2.75, 3.05) is 5.32 Å². The topological polar surface area (TPSA) is 98.2 Å². The fourth-order valence-electron chi connectivity index (χ4n) is 1.79. The van der Waals surface area contributed by atoms with E-state index in [1.807, 2.05) is 17.5 Å². The van der Waals surface area contributed by atoms with Crippen molar-refractivity contribution in [1.29, 1.82) is 0 Å². The standard InChI is InChI=1S/C14H15N3O2S/c15-12(18)8-9-4-1-2-5-10(9)17-14(19)13(16)11-6-3-7-20-11/h1-7,13H,8,16H2,(H2,15,18)(H,17,19). The van der Waals surface area contributed by atoms with Gasteiger partial charge < -0.3 is 16.8 Å². The molecule has 1 heterocycles. The Bertz CT molecular complexity index is 611. The number of para-hydroxylation sites is 1. The third-order valence-corrected chi connectivity index (χ3v) is 3.73. The molecule has 1 aromatic carbocycles. The monoisotopic (exact) mass is 289 g/mol. The molecule has 1 aromatic heterocycles. The SMILES string of the molecule is NC(=O)Cc1ccccc1NC(=O)C(N)c1cccs1. The van der Waals surface area contributed by atoms with Crippen LogP contribution in [0, 0.1) is 0 Å². The molecule has 20 heavy (non-hydrogen) atoms. The first-order valence-electron chi connectivity index (χ1n) is 6.04. The largest absolute Gasteiger partial charge is 0.369 e. The lowest BCUT2D eigenvalue weighted by Gasteiger charge is -2.13. The zero-order chi connectivity index (χ0) is 14.5. The van der Waals surface area contributed by atoms with Crippen LogP contribution in [0.2, 0.25) is 0 Å². The lowest BCUT2D eigenvalue weighted by molar-refractivity contribution is -0.118. The Hall–Kier alpha value is -2.18. The molecule has 2 rings (SSSR count). The summed E-state index contributed by atoms with van der Waals surface area (Å²) >= 11 is 1.42. The van der Waals surface area contributed by atoms with Gasteiger partial charge in [0.25, 0.3) is 0 Å². The number of carbonyl (C=O) groups excluding carboxylic acids is 2. The minimum atomic E-state index is -0.725. The number of primary amides is 1. The molecule has 0 bridgehead atoms. The summed E-state index contributed by atoms with van der Waals surface area (Å²) in [7, 11) is 0. The van der Waals surface area contributed by atoms with Crippen LogP contribution in [-0.4, -0.2) is 11.8 Å². The van der Waals surface area contributed by atoms with Crippen LogP contribution in [0.5, 0.6) is 0 Å². The van der Waals surface area contributed by atoms with Crippen LogP contribution in [0.1, 0.15) is 16.5 Å². The predicted molar refractivity (Wildman–Crippen MR) is 79.2 cm³/mol. The summed E-state index contributed by atoms with van der Waals surface area (Å²) in [6, 6.07) is 9.95. The van der Waals surface area contributed by atoms with Crippen molar-refractivity contribution >= 4 is 28.8 Å². The van der Waals surface area contributed by atoms with Crippen molar-refractivity contribution in [2.24, 2.45) is 11.5 Å². The average Bonchev–Trinajstić information content (AvgIpc) is 2.93. The first kappa shape index (κ1) is 14.2. The molecule has 0 saturated heterocycles. The fraction of sp³-hybridized carbons (Fsp3) is 0.143. The maximum Gasteiger partial charge on any atom is 0.246 e. The van der Waals surface area contributed by atoms with Gasteiger partial charge in [0.15, 0.2) is 0 Å². The predicted octanol–water partition coefficient (Wildman–Crippen LogP) is 1.41. The third kappa shape index (κ3) is 3.43. The van der Waals surface area contributed by atoms with E-state index in [4.69, 9.17) is 11.5 Å². The molecule has 5 nitrogen and oxygen atoms in total. The molecular weight excluding hydrogens is 274 g/mol. The average molecular weight is 289 g/mol. The van der Waals surface area contributed by atoms with Crippen molar-refractivity contribution < 1.29 is 9.59 Å². The fourth-order valence-corrected chi connectivity index (χ4v) is 2.52. The number of amides is 2. The van der Waals surface area contributed by atoms with Gasteiger partial charge in [-0.25, -0.2) is 0 Å². The second kappa shape index (κ2) is 6.31. The molecule has 104 valence electrons. The first-order valence-corrected chi connectivity index (χ1v) is 6.92. The third-order valence-electron chi connectivity index (χ3n) is 2.77. The van der Waals surface area contributed by atoms with Gasteiger partial charge in [-0.15, -0.1) is 11.3 Å². The molecule has 2 aromatic rings. The second-order valence-electron chi connectivity index (χ2n) is 4.28. The summed E-state index contributed by atoms with van der Waals surface area (Å²) < 4.78 is 0. The Morgan fingerprint density at radius 2 is 1.95 bits per heavy atom. The van der Waals surface area contributed by atoms with E-state index < -0.39 is 11.9 Å². The highest BCUT2D eigenvalue weighted by Gasteiger charge is 2.18. The van der Waals surface area contributed by atoms with E-state index in [0.717, 1.165) is 4.88 Å². The molecule has 1 unspecified atom stereocenters. The highest BCUT2D eigenvalue weighted by atomic mass is 32.1. The lowest BCUT2D eigenvalue weighted by atomic mass is 10.1. The Morgan fingerprint density at radius 1 is 1.20 bits per heavy atom. The van der Waals surface area contributed by atoms with Gasteiger partial charge >= 0.3 is 0 Å². The molecule has 0 radical (unpaired) electrons. The number of carbonyl (C=O) groups is 2. The Balaban J connectivity index is 2.13. The Kier molecular flexibility index (Phi) is 4.49. The van der Waals surface area contributed by atoms with E-state index in [-0.39, 0.29) is 12.3 Å². The van der Waals surface area contributed by atoms with Crippen LogP contribution in [0.3, 0.4) is 0 Å². The highest BCUT2D eigenvalue weighted by molar-refractivity contribution is 7.10. The number of benzene rings is 1. The summed E-state index contributed by atoms with van der Waals surface area (Å²) in [6.07, 6.45) is 0.0741. The molecule has 1 atom stereocenters. The van der Waals surface area contributed by atoms with Crippen LogP contribution in [0.15, 0.2) is 41.8 Å². The van der Waals surface area contributed by atoms with Crippen molar-refractivity contribution in [3.05, 3.63) is 52.2 Å². The number of rotatable bonds is 5. The first-order chi connectivity index (χ1) is 9.58. The van der Waals surface area contributed by atoms with Gasteiger partial charge in [0, 0.05) is 10.6 Å². The Labute approximate surface area is 120 Å². The van der Waals surface area contributed by atoms with E-state index >= 15 is 0 Å². The number of thiophene rings is 1. The number of hydrogen-bond acceptors (Lipinski definition) is 4. The molecule has 0 aliphatic rings. The number of hydrogen-bond donors (Lipinski definition) is 3. The van der Waals surface area contributed by atoms with Gasteiger partial charge in [-0.1, -0.05) is 24.3 Å². The highest BCUT2D eigenvalue weighted by Crippen LogP contribution is 2.20. The van der Waals surface area contributed by atoms with E-state index in [0.29, 0.717) is 11.3 Å². The van der Waals surface area contributed by atoms with Crippen molar-refractivity contribution in [2.45, 2.75) is 12.5 Å². The molecule has 0 saturated carbocycles. The van der Waals surface area contributed by atoms with Crippen molar-refractivity contribution in [3.8, 4) is 0 Å². The van der Waals surface area contributed by atoms with Crippen molar-refractivity contribution in [3.63, 3.8) is 0 Å². The van der Waals surface area contributed by atoms with E-state index in [2.05, 4.69) is 5.32 Å². The van der Waals surface area contributed by atoms with E-state index in [1.165, 1.54) is 11.3 Å². The number of nitrogens with two attached hydrogens (primary N) is 2. The molecular formula is C14H15N3O2S. The lowest BCUT2D eigenvalue weighted by Crippen LogP contribution is -2.27. The minimum absolute atomic E-state index is 0.0741. The molecule has 0 aliphatic heterocycles. The van der Waals surface area contributed by atoms with Gasteiger partial charge in [0.05, 0.1) is 6.42 Å². The number of anilines is 1. The van der Waals surface area contributed by atoms with Crippen LogP contribution in [0.25, 0.3) is 0 Å². The van der Waals surface area contributed by atoms with Crippen LogP contribution in [-0.2, 0) is 16.0 Å². The molecule has 5 N–H and O–H groups in total. The smallest absolute Gasteiger partial charge is 0.246 e. The quantitative estimate of drug-likeness (QED) is 0.776. The minimum Gasteiger partial charge on any atom is -0.369 e. The zero-order valence-corrected chi connectivity index (χ0v) is 11.5. The summed E-state index contributed by atoms with van der Waals surface area (Å²) in [5, 5.41) is 4.60. The normalized spacial score (nSPS) is 11.8. The van der Waals surface area contributed by atoms with Crippen LogP contribution >= 0.6 is 11.3 Å². The van der Waals surface area contributed by atoms with Gasteiger partial charge in [-0.05, 0) is 23.1 Å². The number of nitrogens with one attached hydrogen (secondary N) is 1. The maximum atomic E-state index is 12.1. The maximum absolute atomic E-state index is 12.1. The van der Waals surface area contributed by atoms with Gasteiger partial charge in [-0.3, -0.25) is 9.59 Å². The molecule has 0 spiro atoms. The van der Waals surface area contributed by atoms with Gasteiger partial charge in [-0.2, -0.15) is 0 Å². The summed E-state index contributed by atoms with van der Waals surface area (Å²) in [5.41, 5.74) is 12.3. The Morgan fingerprint density at radius 3 is 2.60 bits per heavy atom. The molecule has 6 heteroatoms. The molecule has 0 aliphatic carbocycles. The van der Waals surface area contributed by atoms with Crippen LogP contribution in [0.4, 0.5) is 5.69 Å². The van der Waals surface area contributed by atoms with Gasteiger partial charge in [0.2, 0.25) is 11.8 Å². The summed E-state index contributed by atoms with van der Waals surface area (Å²) in [6.45, 7) is 0. The molecule has 0 fully saturated rings. The van der Waals surface area contributed by atoms with E-state index in [9.17, 15) is 9.59 Å². The molecule has 2 amide bonds. The zero-order valence-electron chi connectivity index (χ0n) is 10.7. The summed E-state index contributed by atoms with van der Waals surface area (Å²) in [4.78, 5) is 23.9. The van der Waals surface area contributed by atoms with Gasteiger partial charge in [0.1, 0.15) is 6.04 Å². The second-order valence-corrected chi connectivity index (χ2v) is 5.26. The van der Waals surface area contributed by atoms with Crippen LogP contribution < -0.4 is 16.8 Å². The summed E-state index contributed by atoms with van der Waals surface area (Å²) in [5.74, 6) is -0.765. The van der Waals surface area contributed by atoms with Crippen molar-refractivity contribution in [1.82, 2.24) is 0 Å². The van der Waals surface area contributed by atoms with E-state index in [1.54, 1.807) is 24.3 Å².